The summed E-state index contributed by atoms with van der Waals surface area (Å²) in [5.74, 6) is 1.02. The number of aromatic nitrogens is 2. The molecule has 0 aromatic carbocycles. The summed E-state index contributed by atoms with van der Waals surface area (Å²) in [6, 6.07) is 0.454. The van der Waals surface area contributed by atoms with Crippen molar-refractivity contribution in [3.8, 4) is 0 Å². The van der Waals surface area contributed by atoms with Crippen molar-refractivity contribution in [2.75, 3.05) is 0 Å². The molecule has 25 heavy (non-hydrogen) atoms. The Kier molecular flexibility index (Phi) is 5.14. The highest BCUT2D eigenvalue weighted by Crippen LogP contribution is 2.32. The summed E-state index contributed by atoms with van der Waals surface area (Å²) in [6.07, 6.45) is 15.7. The summed E-state index contributed by atoms with van der Waals surface area (Å²) in [6.45, 7) is 0.749. The summed E-state index contributed by atoms with van der Waals surface area (Å²) < 4.78 is 2.07. The van der Waals surface area contributed by atoms with E-state index in [4.69, 9.17) is 5.10 Å². The molecule has 0 aliphatic heterocycles. The van der Waals surface area contributed by atoms with Gasteiger partial charge in [-0.25, -0.2) is 0 Å². The molecule has 0 unspecified atom stereocenters. The van der Waals surface area contributed by atoms with E-state index in [9.17, 15) is 4.79 Å². The third kappa shape index (κ3) is 3.63. The van der Waals surface area contributed by atoms with Crippen LogP contribution < -0.4 is 0 Å². The maximum atomic E-state index is 13.2. The van der Waals surface area contributed by atoms with Gasteiger partial charge in [-0.3, -0.25) is 9.48 Å². The molecule has 1 amide bonds. The summed E-state index contributed by atoms with van der Waals surface area (Å²) in [4.78, 5) is 15.4. The number of rotatable bonds is 5. The molecule has 4 rings (SSSR count). The predicted molar refractivity (Wildman–Crippen MR) is 99.2 cm³/mol. The lowest BCUT2D eigenvalue weighted by molar-refractivity contribution is -0.135. The van der Waals surface area contributed by atoms with E-state index in [1.165, 1.54) is 81.2 Å². The molecule has 0 atom stereocenters. The Balaban J connectivity index is 1.50. The molecule has 1 heterocycles. The number of nitrogens with zero attached hydrogens (tertiary/aromatic N) is 3. The first-order chi connectivity index (χ1) is 12.2. The summed E-state index contributed by atoms with van der Waals surface area (Å²) >= 11 is 0. The largest absolute Gasteiger partial charge is 0.334 e. The highest BCUT2D eigenvalue weighted by molar-refractivity contribution is 5.77. The molecule has 3 aliphatic rings. The van der Waals surface area contributed by atoms with E-state index in [0.29, 0.717) is 17.9 Å². The average Bonchev–Trinajstić information content (AvgIpc) is 3.34. The molecular weight excluding hydrogens is 310 g/mol. The number of fused-ring (bicyclic) bond motifs is 1. The van der Waals surface area contributed by atoms with Crippen LogP contribution in [0.25, 0.3) is 0 Å². The van der Waals surface area contributed by atoms with Gasteiger partial charge in [-0.05, 0) is 56.4 Å². The lowest BCUT2D eigenvalue weighted by Crippen LogP contribution is -2.39. The van der Waals surface area contributed by atoms with Gasteiger partial charge in [-0.15, -0.1) is 0 Å². The Morgan fingerprint density at radius 2 is 1.76 bits per heavy atom. The fourth-order valence-electron chi connectivity index (χ4n) is 5.38. The Labute approximate surface area is 152 Å². The molecule has 0 saturated heterocycles. The minimum Gasteiger partial charge on any atom is -0.334 e. The van der Waals surface area contributed by atoms with Crippen LogP contribution in [-0.2, 0) is 31.2 Å². The predicted octanol–water partition coefficient (Wildman–Crippen LogP) is 4.15. The third-order valence-corrected chi connectivity index (χ3v) is 6.79. The van der Waals surface area contributed by atoms with E-state index in [1.807, 2.05) is 0 Å². The van der Waals surface area contributed by atoms with Crippen LogP contribution in [0.2, 0.25) is 0 Å². The molecule has 0 radical (unpaired) electrons. The van der Waals surface area contributed by atoms with E-state index < -0.39 is 0 Å². The van der Waals surface area contributed by atoms with Crippen molar-refractivity contribution in [3.05, 3.63) is 17.0 Å². The van der Waals surface area contributed by atoms with Crippen molar-refractivity contribution in [2.45, 2.75) is 96.1 Å². The zero-order chi connectivity index (χ0) is 17.2. The number of hydrogen-bond acceptors (Lipinski definition) is 2. The van der Waals surface area contributed by atoms with Gasteiger partial charge in [-0.1, -0.05) is 32.1 Å². The van der Waals surface area contributed by atoms with Crippen molar-refractivity contribution in [3.63, 3.8) is 0 Å². The number of carbonyl (C=O) groups excluding carboxylic acids is 1. The van der Waals surface area contributed by atoms with Gasteiger partial charge in [0.15, 0.2) is 0 Å². The van der Waals surface area contributed by atoms with Crippen molar-refractivity contribution < 1.29 is 4.79 Å². The minimum absolute atomic E-state index is 0.399. The Morgan fingerprint density at radius 1 is 1.04 bits per heavy atom. The molecule has 1 aromatic rings. The number of hydrogen-bond donors (Lipinski definition) is 0. The standard InChI is InChI=1S/C21H33N3O/c1-23-20-13-7-12-18(20)19(22-23)15-24(17-10-5-6-11-17)21(25)14-16-8-3-2-4-9-16/h16-17H,2-15H2,1H3. The highest BCUT2D eigenvalue weighted by Gasteiger charge is 2.31. The highest BCUT2D eigenvalue weighted by atomic mass is 16.2. The fourth-order valence-corrected chi connectivity index (χ4v) is 5.38. The Bertz CT molecular complexity index is 609. The van der Waals surface area contributed by atoms with Gasteiger partial charge < -0.3 is 4.90 Å². The molecule has 0 N–H and O–H groups in total. The van der Waals surface area contributed by atoms with E-state index in [1.54, 1.807) is 0 Å². The van der Waals surface area contributed by atoms with Crippen LogP contribution in [0.5, 0.6) is 0 Å². The molecule has 138 valence electrons. The van der Waals surface area contributed by atoms with Gasteiger partial charge >= 0.3 is 0 Å². The fraction of sp³-hybridized carbons (Fsp3) is 0.810. The lowest BCUT2D eigenvalue weighted by Gasteiger charge is -2.31. The van der Waals surface area contributed by atoms with Crippen molar-refractivity contribution >= 4 is 5.91 Å². The SMILES string of the molecule is Cn1nc(CN(C(=O)CC2CCCCC2)C2CCCC2)c2c1CCC2. The normalized spacial score (nSPS) is 21.6. The molecule has 0 spiro atoms. The third-order valence-electron chi connectivity index (χ3n) is 6.79. The molecule has 2 fully saturated rings. The van der Waals surface area contributed by atoms with Crippen LogP contribution in [0.3, 0.4) is 0 Å². The van der Waals surface area contributed by atoms with Crippen molar-refractivity contribution in [1.29, 1.82) is 0 Å². The molecule has 2 saturated carbocycles. The van der Waals surface area contributed by atoms with Gasteiger partial charge in [0.2, 0.25) is 5.91 Å². The Morgan fingerprint density at radius 3 is 2.52 bits per heavy atom. The number of aryl methyl sites for hydroxylation is 1. The number of carbonyl (C=O) groups is 1. The lowest BCUT2D eigenvalue weighted by atomic mass is 9.86. The van der Waals surface area contributed by atoms with Crippen LogP contribution in [0.4, 0.5) is 0 Å². The molecule has 0 bridgehead atoms. The van der Waals surface area contributed by atoms with E-state index in [2.05, 4.69) is 16.6 Å². The first-order valence-electron chi connectivity index (χ1n) is 10.6. The van der Waals surface area contributed by atoms with Gasteiger partial charge in [0, 0.05) is 25.2 Å². The first kappa shape index (κ1) is 17.1. The van der Waals surface area contributed by atoms with Gasteiger partial charge in [0.05, 0.1) is 12.2 Å². The van der Waals surface area contributed by atoms with Gasteiger partial charge in [-0.2, -0.15) is 5.10 Å². The summed E-state index contributed by atoms with van der Waals surface area (Å²) in [5.41, 5.74) is 4.02. The van der Waals surface area contributed by atoms with Crippen LogP contribution in [0.15, 0.2) is 0 Å². The molecule has 4 heteroatoms. The maximum absolute atomic E-state index is 13.2. The summed E-state index contributed by atoms with van der Waals surface area (Å²) in [5, 5.41) is 4.80. The van der Waals surface area contributed by atoms with Crippen molar-refractivity contribution in [1.82, 2.24) is 14.7 Å². The number of amides is 1. The van der Waals surface area contributed by atoms with Crippen LogP contribution in [-0.4, -0.2) is 26.6 Å². The van der Waals surface area contributed by atoms with Crippen LogP contribution in [0, 0.1) is 5.92 Å². The smallest absolute Gasteiger partial charge is 0.223 e. The van der Waals surface area contributed by atoms with Gasteiger partial charge in [0.1, 0.15) is 0 Å². The topological polar surface area (TPSA) is 38.1 Å². The van der Waals surface area contributed by atoms with E-state index in [-0.39, 0.29) is 0 Å². The maximum Gasteiger partial charge on any atom is 0.223 e. The second kappa shape index (κ2) is 7.51. The Hall–Kier alpha value is -1.32. The van der Waals surface area contributed by atoms with Crippen molar-refractivity contribution in [2.24, 2.45) is 13.0 Å². The average molecular weight is 344 g/mol. The monoisotopic (exact) mass is 343 g/mol. The second-order valence-corrected chi connectivity index (χ2v) is 8.52. The van der Waals surface area contributed by atoms with E-state index in [0.717, 1.165) is 25.8 Å². The molecule has 4 nitrogen and oxygen atoms in total. The summed E-state index contributed by atoms with van der Waals surface area (Å²) in [7, 11) is 2.07. The molecule has 1 aromatic heterocycles. The molecule has 3 aliphatic carbocycles. The second-order valence-electron chi connectivity index (χ2n) is 8.52. The van der Waals surface area contributed by atoms with Crippen LogP contribution in [0.1, 0.15) is 87.6 Å². The molecular formula is C21H33N3O. The minimum atomic E-state index is 0.399. The van der Waals surface area contributed by atoms with Gasteiger partial charge in [0.25, 0.3) is 0 Å². The first-order valence-corrected chi connectivity index (χ1v) is 10.6. The van der Waals surface area contributed by atoms with Crippen LogP contribution >= 0.6 is 0 Å². The zero-order valence-electron chi connectivity index (χ0n) is 15.8. The van der Waals surface area contributed by atoms with E-state index >= 15 is 0 Å². The quantitative estimate of drug-likeness (QED) is 0.805. The zero-order valence-corrected chi connectivity index (χ0v) is 15.8.